The lowest BCUT2D eigenvalue weighted by atomic mass is 10.1. The smallest absolute Gasteiger partial charge is 0.267 e. The lowest BCUT2D eigenvalue weighted by Gasteiger charge is -2.37. The van der Waals surface area contributed by atoms with Crippen molar-refractivity contribution in [3.63, 3.8) is 0 Å². The zero-order valence-electron chi connectivity index (χ0n) is 17.2. The summed E-state index contributed by atoms with van der Waals surface area (Å²) in [6.45, 7) is 6.15. The van der Waals surface area contributed by atoms with Crippen molar-refractivity contribution in [2.24, 2.45) is 0 Å². The van der Waals surface area contributed by atoms with Gasteiger partial charge >= 0.3 is 0 Å². The largest absolute Gasteiger partial charge is 0.368 e. The van der Waals surface area contributed by atoms with Gasteiger partial charge in [0.25, 0.3) is 5.91 Å². The first-order valence-electron chi connectivity index (χ1n) is 10.0. The van der Waals surface area contributed by atoms with Crippen LogP contribution in [0, 0.1) is 0 Å². The molecule has 2 aromatic carbocycles. The number of hydrogen-bond donors (Lipinski definition) is 3. The number of ketones is 1. The molecule has 0 aliphatic carbocycles. The van der Waals surface area contributed by atoms with Gasteiger partial charge < -0.3 is 10.2 Å². The van der Waals surface area contributed by atoms with Crippen LogP contribution in [-0.4, -0.2) is 42.1 Å². The van der Waals surface area contributed by atoms with E-state index >= 15 is 0 Å². The summed E-state index contributed by atoms with van der Waals surface area (Å²) in [5, 5.41) is 12.1. The van der Waals surface area contributed by atoms with Gasteiger partial charge in [0.15, 0.2) is 5.78 Å². The third-order valence-corrected chi connectivity index (χ3v) is 4.93. The molecule has 3 rings (SSSR count). The number of nitrogens with zero attached hydrogens (tertiary/aromatic N) is 1. The molecule has 3 N–H and O–H groups in total. The third kappa shape index (κ3) is 5.89. The monoisotopic (exact) mass is 405 g/mol. The highest BCUT2D eigenvalue weighted by atomic mass is 16.5. The van der Waals surface area contributed by atoms with Gasteiger partial charge in [-0.05, 0) is 55.3 Å². The second kappa shape index (κ2) is 10.0. The van der Waals surface area contributed by atoms with E-state index in [0.717, 1.165) is 29.9 Å². The van der Waals surface area contributed by atoms with Crippen LogP contribution >= 0.6 is 0 Å². The van der Waals surface area contributed by atoms with E-state index in [0.29, 0.717) is 17.6 Å². The Morgan fingerprint density at radius 3 is 2.30 bits per heavy atom. The normalized spacial score (nSPS) is 19.4. The molecule has 0 saturated carbocycles. The fourth-order valence-electron chi connectivity index (χ4n) is 3.64. The van der Waals surface area contributed by atoms with E-state index in [1.54, 1.807) is 23.7 Å². The van der Waals surface area contributed by atoms with Crippen LogP contribution < -0.4 is 15.7 Å². The highest BCUT2D eigenvalue weighted by Gasteiger charge is 2.21. The van der Waals surface area contributed by atoms with Gasteiger partial charge in [0.05, 0.1) is 0 Å². The minimum atomic E-state index is -0.598. The van der Waals surface area contributed by atoms with Crippen LogP contribution in [0.3, 0.4) is 0 Å². The van der Waals surface area contributed by atoms with Crippen LogP contribution in [0.25, 0.3) is 12.2 Å². The molecule has 1 heterocycles. The molecule has 6 nitrogen and oxygen atoms in total. The SMILES string of the molecule is C[C@@H]1CN(c2cccc(C(=O)C=Cc3cccc(C=CC(=O)NO)c3)c2)C[C@H](C)N1. The summed E-state index contributed by atoms with van der Waals surface area (Å²) in [6.07, 6.45) is 6.14. The summed E-state index contributed by atoms with van der Waals surface area (Å²) < 4.78 is 0. The summed E-state index contributed by atoms with van der Waals surface area (Å²) in [5.41, 5.74) is 4.89. The molecule has 6 heteroatoms. The molecule has 1 fully saturated rings. The lowest BCUT2D eigenvalue weighted by molar-refractivity contribution is -0.124. The summed E-state index contributed by atoms with van der Waals surface area (Å²) in [7, 11) is 0. The van der Waals surface area contributed by atoms with Gasteiger partial charge in [0.2, 0.25) is 0 Å². The zero-order valence-corrected chi connectivity index (χ0v) is 17.2. The predicted molar refractivity (Wildman–Crippen MR) is 119 cm³/mol. The van der Waals surface area contributed by atoms with Crippen molar-refractivity contribution in [2.45, 2.75) is 25.9 Å². The van der Waals surface area contributed by atoms with Gasteiger partial charge in [-0.3, -0.25) is 14.8 Å². The molecule has 2 aromatic rings. The minimum absolute atomic E-state index is 0.0614. The molecular formula is C24H27N3O3. The highest BCUT2D eigenvalue weighted by Crippen LogP contribution is 2.20. The average molecular weight is 405 g/mol. The topological polar surface area (TPSA) is 81.7 Å². The molecule has 1 aliphatic heterocycles. The molecular weight excluding hydrogens is 378 g/mol. The van der Waals surface area contributed by atoms with Crippen molar-refractivity contribution in [2.75, 3.05) is 18.0 Å². The number of piperazine rings is 1. The second-order valence-corrected chi connectivity index (χ2v) is 7.60. The van der Waals surface area contributed by atoms with Gasteiger partial charge in [0.1, 0.15) is 0 Å². The van der Waals surface area contributed by atoms with Crippen LogP contribution in [0.15, 0.2) is 60.7 Å². The first-order valence-corrected chi connectivity index (χ1v) is 10.0. The van der Waals surface area contributed by atoms with Gasteiger partial charge in [-0.25, -0.2) is 5.48 Å². The number of carbonyl (C=O) groups excluding carboxylic acids is 2. The Hall–Kier alpha value is -3.22. The van der Waals surface area contributed by atoms with Crippen LogP contribution in [0.4, 0.5) is 5.69 Å². The van der Waals surface area contributed by atoms with Crippen LogP contribution in [0.2, 0.25) is 0 Å². The van der Waals surface area contributed by atoms with Crippen LogP contribution in [0.1, 0.15) is 35.3 Å². The molecule has 0 radical (unpaired) electrons. The highest BCUT2D eigenvalue weighted by molar-refractivity contribution is 6.07. The number of hydrogen-bond acceptors (Lipinski definition) is 5. The molecule has 1 saturated heterocycles. The number of allylic oxidation sites excluding steroid dienone is 1. The van der Waals surface area contributed by atoms with Crippen molar-refractivity contribution < 1.29 is 14.8 Å². The Morgan fingerprint density at radius 2 is 1.63 bits per heavy atom. The first-order chi connectivity index (χ1) is 14.4. The molecule has 0 aromatic heterocycles. The lowest BCUT2D eigenvalue weighted by Crippen LogP contribution is -2.54. The summed E-state index contributed by atoms with van der Waals surface area (Å²) in [4.78, 5) is 26.1. The van der Waals surface area contributed by atoms with E-state index in [9.17, 15) is 9.59 Å². The van der Waals surface area contributed by atoms with Crippen LogP contribution in [-0.2, 0) is 4.79 Å². The summed E-state index contributed by atoms with van der Waals surface area (Å²) in [5.74, 6) is -0.659. The van der Waals surface area contributed by atoms with Crippen molar-refractivity contribution in [1.82, 2.24) is 10.8 Å². The fraction of sp³-hybridized carbons (Fsp3) is 0.250. The number of benzene rings is 2. The third-order valence-electron chi connectivity index (χ3n) is 4.93. The Labute approximate surface area is 176 Å². The van der Waals surface area contributed by atoms with Crippen molar-refractivity contribution in [1.29, 1.82) is 0 Å². The maximum absolute atomic E-state index is 12.7. The van der Waals surface area contributed by atoms with E-state index in [1.165, 1.54) is 6.08 Å². The average Bonchev–Trinajstić information content (AvgIpc) is 2.75. The molecule has 30 heavy (non-hydrogen) atoms. The summed E-state index contributed by atoms with van der Waals surface area (Å²) >= 11 is 0. The molecule has 2 atom stereocenters. The van der Waals surface area contributed by atoms with Gasteiger partial charge in [-0.1, -0.05) is 36.4 Å². The molecule has 0 spiro atoms. The quantitative estimate of drug-likeness (QED) is 0.297. The first kappa shape index (κ1) is 21.5. The number of nitrogens with one attached hydrogen (secondary N) is 2. The van der Waals surface area contributed by atoms with Crippen LogP contribution in [0.5, 0.6) is 0 Å². The van der Waals surface area contributed by atoms with E-state index in [1.807, 2.05) is 48.5 Å². The van der Waals surface area contributed by atoms with Gasteiger partial charge in [-0.15, -0.1) is 0 Å². The summed E-state index contributed by atoms with van der Waals surface area (Å²) in [6, 6.07) is 16.0. The Morgan fingerprint density at radius 1 is 1.00 bits per heavy atom. The fourth-order valence-corrected chi connectivity index (χ4v) is 3.64. The molecule has 1 aliphatic rings. The van der Waals surface area contributed by atoms with Crippen molar-refractivity contribution in [3.05, 3.63) is 77.4 Å². The minimum Gasteiger partial charge on any atom is -0.368 e. The van der Waals surface area contributed by atoms with Gasteiger partial charge in [0, 0.05) is 42.5 Å². The maximum Gasteiger partial charge on any atom is 0.267 e. The van der Waals surface area contributed by atoms with E-state index < -0.39 is 5.91 Å². The molecule has 156 valence electrons. The number of rotatable bonds is 6. The van der Waals surface area contributed by atoms with Crippen molar-refractivity contribution >= 4 is 29.5 Å². The number of hydroxylamine groups is 1. The Balaban J connectivity index is 1.71. The Kier molecular flexibility index (Phi) is 7.17. The Bertz CT molecular complexity index is 958. The molecule has 1 amide bonds. The van der Waals surface area contributed by atoms with Crippen molar-refractivity contribution in [3.8, 4) is 0 Å². The maximum atomic E-state index is 12.7. The van der Waals surface area contributed by atoms with Gasteiger partial charge in [-0.2, -0.15) is 0 Å². The second-order valence-electron chi connectivity index (χ2n) is 7.60. The molecule has 0 bridgehead atoms. The molecule has 0 unspecified atom stereocenters. The number of amides is 1. The van der Waals surface area contributed by atoms with E-state index in [-0.39, 0.29) is 5.78 Å². The predicted octanol–water partition coefficient (Wildman–Crippen LogP) is 3.29. The van der Waals surface area contributed by atoms with E-state index in [4.69, 9.17) is 5.21 Å². The van der Waals surface area contributed by atoms with E-state index in [2.05, 4.69) is 24.1 Å². The zero-order chi connectivity index (χ0) is 21.5. The number of anilines is 1. The standard InChI is InChI=1S/C24H27N3O3/c1-17-15-27(16-18(2)25-17)22-8-4-7-21(14-22)23(28)11-9-19-5-3-6-20(13-19)10-12-24(29)26-30/h3-14,17-18,25,30H,15-16H2,1-2H3,(H,26,29)/t17-,18+. The number of carbonyl (C=O) groups is 2.